The molecule has 0 bridgehead atoms. The molecule has 3 rings (SSSR count). The number of amides is 1. The van der Waals surface area contributed by atoms with Crippen LogP contribution >= 0.6 is 46.6 Å². The van der Waals surface area contributed by atoms with Crippen molar-refractivity contribution in [3.05, 3.63) is 68.7 Å². The number of rotatable bonds is 8. The van der Waals surface area contributed by atoms with Gasteiger partial charge in [0.05, 0.1) is 5.92 Å². The molecular formula is C22H25Cl3N2OS. The predicted octanol–water partition coefficient (Wildman–Crippen LogP) is 5.91. The van der Waals surface area contributed by atoms with Gasteiger partial charge in [0.2, 0.25) is 5.91 Å². The molecule has 1 aliphatic heterocycles. The molecule has 1 unspecified atom stereocenters. The van der Waals surface area contributed by atoms with Gasteiger partial charge >= 0.3 is 0 Å². The number of thioether (sulfide) groups is 1. The summed E-state index contributed by atoms with van der Waals surface area (Å²) >= 11 is 20.3. The molecule has 2 aromatic rings. The van der Waals surface area contributed by atoms with Gasteiger partial charge in [-0.3, -0.25) is 9.69 Å². The second kappa shape index (κ2) is 11.5. The van der Waals surface area contributed by atoms with Gasteiger partial charge in [0.1, 0.15) is 0 Å². The van der Waals surface area contributed by atoms with Crippen molar-refractivity contribution in [1.29, 1.82) is 0 Å². The van der Waals surface area contributed by atoms with Crippen molar-refractivity contribution in [3.63, 3.8) is 0 Å². The van der Waals surface area contributed by atoms with Crippen LogP contribution in [-0.4, -0.2) is 36.2 Å². The predicted molar refractivity (Wildman–Crippen MR) is 125 cm³/mol. The lowest BCUT2D eigenvalue weighted by Gasteiger charge is -2.32. The maximum absolute atomic E-state index is 12.6. The van der Waals surface area contributed by atoms with Gasteiger partial charge in [0, 0.05) is 51.8 Å². The number of nitrogens with zero attached hydrogens (tertiary/aromatic N) is 1. The SMILES string of the molecule is O=C(NCCSCc1ccc(Cl)cc1)C1CCCN(Cc2c(Cl)cccc2Cl)C1. The summed E-state index contributed by atoms with van der Waals surface area (Å²) in [7, 11) is 0. The molecule has 1 aliphatic rings. The Hall–Kier alpha value is -0.910. The van der Waals surface area contributed by atoms with Crippen LogP contribution in [0.2, 0.25) is 15.1 Å². The Morgan fingerprint density at radius 1 is 1.10 bits per heavy atom. The molecule has 1 atom stereocenters. The first kappa shape index (κ1) is 22.8. The molecule has 0 radical (unpaired) electrons. The van der Waals surface area contributed by atoms with Crippen molar-refractivity contribution < 1.29 is 4.79 Å². The number of hydrogen-bond donors (Lipinski definition) is 1. The van der Waals surface area contributed by atoms with Crippen LogP contribution in [0.5, 0.6) is 0 Å². The first-order valence-corrected chi connectivity index (χ1v) is 12.1. The summed E-state index contributed by atoms with van der Waals surface area (Å²) < 4.78 is 0. The van der Waals surface area contributed by atoms with Gasteiger partial charge in [0.25, 0.3) is 0 Å². The fourth-order valence-corrected chi connectivity index (χ4v) is 4.94. The maximum atomic E-state index is 12.6. The lowest BCUT2D eigenvalue weighted by atomic mass is 9.96. The van der Waals surface area contributed by atoms with Crippen LogP contribution in [0.25, 0.3) is 0 Å². The molecule has 0 spiro atoms. The van der Waals surface area contributed by atoms with Crippen molar-refractivity contribution >= 4 is 52.5 Å². The zero-order chi connectivity index (χ0) is 20.6. The lowest BCUT2D eigenvalue weighted by molar-refractivity contribution is -0.126. The standard InChI is InChI=1S/C22H25Cl3N2OS/c23-18-8-6-16(7-9-18)15-29-12-10-26-22(28)17-3-2-11-27(13-17)14-19-20(24)4-1-5-21(19)25/h1,4-9,17H,2-3,10-15H2,(H,26,28). The average Bonchev–Trinajstić information content (AvgIpc) is 2.72. The Labute approximate surface area is 192 Å². The van der Waals surface area contributed by atoms with E-state index in [0.717, 1.165) is 48.0 Å². The third kappa shape index (κ3) is 7.08. The van der Waals surface area contributed by atoms with Crippen LogP contribution in [0, 0.1) is 5.92 Å². The maximum Gasteiger partial charge on any atom is 0.224 e. The summed E-state index contributed by atoms with van der Waals surface area (Å²) in [6.07, 6.45) is 1.93. The molecule has 3 nitrogen and oxygen atoms in total. The molecule has 156 valence electrons. The highest BCUT2D eigenvalue weighted by molar-refractivity contribution is 7.98. The highest BCUT2D eigenvalue weighted by atomic mass is 35.5. The normalized spacial score (nSPS) is 17.3. The minimum atomic E-state index is 0.0197. The van der Waals surface area contributed by atoms with Crippen LogP contribution in [0.3, 0.4) is 0 Å². The van der Waals surface area contributed by atoms with Crippen molar-refractivity contribution in [2.75, 3.05) is 25.4 Å². The van der Waals surface area contributed by atoms with Gasteiger partial charge < -0.3 is 5.32 Å². The first-order valence-electron chi connectivity index (χ1n) is 9.78. The van der Waals surface area contributed by atoms with E-state index in [1.165, 1.54) is 5.56 Å². The number of benzene rings is 2. The molecule has 1 fully saturated rings. The largest absolute Gasteiger partial charge is 0.355 e. The molecule has 1 saturated heterocycles. The summed E-state index contributed by atoms with van der Waals surface area (Å²) in [5.41, 5.74) is 2.18. The zero-order valence-electron chi connectivity index (χ0n) is 16.2. The fourth-order valence-electron chi connectivity index (χ4n) is 3.48. The number of halogens is 3. The molecule has 0 saturated carbocycles. The highest BCUT2D eigenvalue weighted by Crippen LogP contribution is 2.27. The Bertz CT molecular complexity index is 796. The van der Waals surface area contributed by atoms with Crippen LogP contribution in [0.15, 0.2) is 42.5 Å². The van der Waals surface area contributed by atoms with Crippen LogP contribution < -0.4 is 5.32 Å². The molecule has 0 aromatic heterocycles. The van der Waals surface area contributed by atoms with E-state index < -0.39 is 0 Å². The second-order valence-electron chi connectivity index (χ2n) is 7.24. The number of likely N-dealkylation sites (tertiary alicyclic amines) is 1. The Balaban J connectivity index is 1.39. The van der Waals surface area contributed by atoms with E-state index in [9.17, 15) is 4.79 Å². The lowest BCUT2D eigenvalue weighted by Crippen LogP contribution is -2.43. The molecule has 0 aliphatic carbocycles. The number of carbonyl (C=O) groups is 1. The molecule has 29 heavy (non-hydrogen) atoms. The third-order valence-electron chi connectivity index (χ3n) is 5.05. The monoisotopic (exact) mass is 470 g/mol. The van der Waals surface area contributed by atoms with Gasteiger partial charge in [-0.25, -0.2) is 0 Å². The second-order valence-corrected chi connectivity index (χ2v) is 9.60. The quantitative estimate of drug-likeness (QED) is 0.486. The summed E-state index contributed by atoms with van der Waals surface area (Å²) in [4.78, 5) is 14.9. The van der Waals surface area contributed by atoms with E-state index in [4.69, 9.17) is 34.8 Å². The van der Waals surface area contributed by atoms with E-state index >= 15 is 0 Å². The van der Waals surface area contributed by atoms with Crippen molar-refractivity contribution in [2.24, 2.45) is 5.92 Å². The van der Waals surface area contributed by atoms with Crippen LogP contribution in [0.4, 0.5) is 0 Å². The summed E-state index contributed by atoms with van der Waals surface area (Å²) in [5.74, 6) is 1.97. The van der Waals surface area contributed by atoms with E-state index in [1.807, 2.05) is 54.2 Å². The molecule has 7 heteroatoms. The summed E-state index contributed by atoms with van der Waals surface area (Å²) in [5, 5.41) is 5.21. The van der Waals surface area contributed by atoms with E-state index in [0.29, 0.717) is 23.1 Å². The smallest absolute Gasteiger partial charge is 0.224 e. The van der Waals surface area contributed by atoms with Gasteiger partial charge in [-0.1, -0.05) is 53.0 Å². The van der Waals surface area contributed by atoms with Crippen LogP contribution in [0.1, 0.15) is 24.0 Å². The van der Waals surface area contributed by atoms with E-state index in [2.05, 4.69) is 10.2 Å². The van der Waals surface area contributed by atoms with E-state index in [-0.39, 0.29) is 11.8 Å². The van der Waals surface area contributed by atoms with Gasteiger partial charge in [-0.05, 0) is 49.2 Å². The van der Waals surface area contributed by atoms with Gasteiger partial charge in [0.15, 0.2) is 0 Å². The highest BCUT2D eigenvalue weighted by Gasteiger charge is 2.26. The zero-order valence-corrected chi connectivity index (χ0v) is 19.3. The third-order valence-corrected chi connectivity index (χ3v) is 7.04. The molecule has 2 aromatic carbocycles. The Morgan fingerprint density at radius 3 is 2.55 bits per heavy atom. The first-order chi connectivity index (χ1) is 14.0. The number of nitrogens with one attached hydrogen (secondary N) is 1. The number of piperidine rings is 1. The van der Waals surface area contributed by atoms with Crippen molar-refractivity contribution in [3.8, 4) is 0 Å². The average molecular weight is 472 g/mol. The molecular weight excluding hydrogens is 447 g/mol. The van der Waals surface area contributed by atoms with Crippen molar-refractivity contribution in [1.82, 2.24) is 10.2 Å². The van der Waals surface area contributed by atoms with Crippen LogP contribution in [-0.2, 0) is 17.1 Å². The Kier molecular flexibility index (Phi) is 9.01. The molecule has 1 heterocycles. The number of carbonyl (C=O) groups excluding carboxylic acids is 1. The Morgan fingerprint density at radius 2 is 1.83 bits per heavy atom. The molecule has 1 N–H and O–H groups in total. The molecule has 1 amide bonds. The fraction of sp³-hybridized carbons (Fsp3) is 0.409. The van der Waals surface area contributed by atoms with Crippen molar-refractivity contribution in [2.45, 2.75) is 25.1 Å². The summed E-state index contributed by atoms with van der Waals surface area (Å²) in [6, 6.07) is 13.5. The minimum absolute atomic E-state index is 0.0197. The van der Waals surface area contributed by atoms with Gasteiger partial charge in [-0.15, -0.1) is 0 Å². The minimum Gasteiger partial charge on any atom is -0.355 e. The number of hydrogen-bond acceptors (Lipinski definition) is 3. The van der Waals surface area contributed by atoms with E-state index in [1.54, 1.807) is 0 Å². The summed E-state index contributed by atoms with van der Waals surface area (Å²) in [6.45, 7) is 3.07. The van der Waals surface area contributed by atoms with Gasteiger partial charge in [-0.2, -0.15) is 11.8 Å². The topological polar surface area (TPSA) is 32.3 Å².